The van der Waals surface area contributed by atoms with Gasteiger partial charge in [0.2, 0.25) is 5.91 Å². The van der Waals surface area contributed by atoms with E-state index in [0.717, 1.165) is 9.37 Å². The summed E-state index contributed by atoms with van der Waals surface area (Å²) in [5.74, 6) is -0.218. The smallest absolute Gasteiger partial charge is 0.274 e. The van der Waals surface area contributed by atoms with Gasteiger partial charge in [0.05, 0.1) is 5.69 Å². The molecule has 0 saturated carbocycles. The zero-order chi connectivity index (χ0) is 11.5. The lowest BCUT2D eigenvalue weighted by Crippen LogP contribution is -2.33. The van der Waals surface area contributed by atoms with Crippen LogP contribution in [0.2, 0.25) is 0 Å². The molecule has 2 rings (SSSR count). The zero-order valence-electron chi connectivity index (χ0n) is 8.39. The fourth-order valence-corrected chi connectivity index (χ4v) is 1.72. The molecule has 0 bridgehead atoms. The van der Waals surface area contributed by atoms with E-state index in [2.05, 4.69) is 20.9 Å². The van der Waals surface area contributed by atoms with Crippen LogP contribution in [0.4, 0.5) is 10.5 Å². The Labute approximate surface area is 101 Å². The van der Waals surface area contributed by atoms with Gasteiger partial charge < -0.3 is 0 Å². The summed E-state index contributed by atoms with van der Waals surface area (Å²) in [6, 6.07) is 6.46. The van der Waals surface area contributed by atoms with Crippen molar-refractivity contribution in [1.82, 2.24) is 0 Å². The van der Waals surface area contributed by atoms with E-state index in [0.29, 0.717) is 18.5 Å². The van der Waals surface area contributed by atoms with Crippen LogP contribution in [0.25, 0.3) is 0 Å². The molecule has 1 aliphatic rings. The lowest BCUT2D eigenvalue weighted by molar-refractivity contribution is -0.117. The fraction of sp³-hybridized carbons (Fsp3) is 0.182. The molecule has 5 heteroatoms. The molecule has 0 fully saturated rings. The number of halogens is 1. The van der Waals surface area contributed by atoms with Crippen molar-refractivity contribution in [2.45, 2.75) is 12.8 Å². The first-order valence-corrected chi connectivity index (χ1v) is 5.63. The van der Waals surface area contributed by atoms with E-state index in [4.69, 9.17) is 0 Å². The zero-order valence-corrected chi connectivity index (χ0v) is 9.98. The number of imide groups is 1. The number of benzene rings is 1. The number of nitrogens with zero attached hydrogens (tertiary/aromatic N) is 2. The van der Waals surface area contributed by atoms with Gasteiger partial charge in [-0.05, 0) is 30.7 Å². The van der Waals surface area contributed by atoms with Crippen molar-refractivity contribution in [3.63, 3.8) is 0 Å². The first kappa shape index (κ1) is 11.0. The van der Waals surface area contributed by atoms with Crippen LogP contribution in [0.15, 0.2) is 33.7 Å². The Balaban J connectivity index is 2.36. The largest absolute Gasteiger partial charge is 0.354 e. The third-order valence-corrected chi connectivity index (χ3v) is 2.74. The maximum Gasteiger partial charge on any atom is 0.354 e. The van der Waals surface area contributed by atoms with Crippen LogP contribution >= 0.6 is 15.9 Å². The van der Waals surface area contributed by atoms with Gasteiger partial charge >= 0.3 is 6.03 Å². The number of anilines is 1. The Kier molecular flexibility index (Phi) is 3.14. The first-order chi connectivity index (χ1) is 7.68. The summed E-state index contributed by atoms with van der Waals surface area (Å²) < 4.78 is 0.898. The summed E-state index contributed by atoms with van der Waals surface area (Å²) in [5, 5.41) is 0. The van der Waals surface area contributed by atoms with Gasteiger partial charge in [-0.1, -0.05) is 15.9 Å². The monoisotopic (exact) mass is 280 g/mol. The number of urea groups is 1. The number of carbonyl (C=O) groups is 2. The van der Waals surface area contributed by atoms with Gasteiger partial charge in [0.1, 0.15) is 0 Å². The Bertz CT molecular complexity index is 454. The van der Waals surface area contributed by atoms with Gasteiger partial charge in [0, 0.05) is 17.1 Å². The molecule has 0 aromatic heterocycles. The molecule has 0 radical (unpaired) electrons. The summed E-state index contributed by atoms with van der Waals surface area (Å²) in [4.78, 5) is 28.1. The second-order valence-corrected chi connectivity index (χ2v) is 4.25. The van der Waals surface area contributed by atoms with Crippen LogP contribution < -0.4 is 4.90 Å². The molecule has 0 spiro atoms. The number of hydrogen-bond acceptors (Lipinski definition) is 2. The third-order valence-electron chi connectivity index (χ3n) is 2.21. The van der Waals surface area contributed by atoms with E-state index in [9.17, 15) is 9.59 Å². The molecule has 1 heterocycles. The average Bonchev–Trinajstić information content (AvgIpc) is 2.42. The Morgan fingerprint density at radius 1 is 1.19 bits per heavy atom. The maximum absolute atomic E-state index is 11.7. The van der Waals surface area contributed by atoms with E-state index in [1.807, 2.05) is 0 Å². The summed E-state index contributed by atoms with van der Waals surface area (Å²) in [6.45, 7) is 0. The van der Waals surface area contributed by atoms with Crippen molar-refractivity contribution in [2.24, 2.45) is 4.99 Å². The van der Waals surface area contributed by atoms with Crippen molar-refractivity contribution in [2.75, 3.05) is 4.90 Å². The highest BCUT2D eigenvalue weighted by Gasteiger charge is 2.23. The highest BCUT2D eigenvalue weighted by Crippen LogP contribution is 2.21. The van der Waals surface area contributed by atoms with E-state index >= 15 is 0 Å². The molecule has 0 aliphatic carbocycles. The number of hydrogen-bond donors (Lipinski definition) is 0. The molecule has 0 saturated heterocycles. The molecule has 0 unspecified atom stereocenters. The summed E-state index contributed by atoms with van der Waals surface area (Å²) in [5.41, 5.74) is 0.553. The van der Waals surface area contributed by atoms with Crippen LogP contribution in [0.1, 0.15) is 12.8 Å². The highest BCUT2D eigenvalue weighted by molar-refractivity contribution is 9.10. The molecular formula is C11H9BrN2O2. The normalized spacial score (nSPS) is 16.4. The Hall–Kier alpha value is -1.49. The average molecular weight is 281 g/mol. The van der Waals surface area contributed by atoms with Gasteiger partial charge in [0.15, 0.2) is 0 Å². The molecule has 1 aromatic rings. The molecule has 16 heavy (non-hydrogen) atoms. The lowest BCUT2D eigenvalue weighted by atomic mass is 10.2. The van der Waals surface area contributed by atoms with Crippen LogP contribution in [0.3, 0.4) is 0 Å². The van der Waals surface area contributed by atoms with Gasteiger partial charge in [-0.2, -0.15) is 0 Å². The van der Waals surface area contributed by atoms with Crippen LogP contribution in [-0.2, 0) is 4.79 Å². The second kappa shape index (κ2) is 4.57. The third kappa shape index (κ3) is 2.19. The lowest BCUT2D eigenvalue weighted by Gasteiger charge is -2.16. The molecule has 82 valence electrons. The standard InChI is InChI=1S/C11H9BrN2O2/c12-8-3-5-9(6-4-8)14-10(15)2-1-7-13-11(14)16/h3-7H,1-2H2. The van der Waals surface area contributed by atoms with Crippen molar-refractivity contribution in [1.29, 1.82) is 0 Å². The number of rotatable bonds is 1. The minimum Gasteiger partial charge on any atom is -0.274 e. The van der Waals surface area contributed by atoms with Crippen molar-refractivity contribution in [3.05, 3.63) is 28.7 Å². The van der Waals surface area contributed by atoms with E-state index in [1.54, 1.807) is 24.3 Å². The molecule has 0 N–H and O–H groups in total. The summed E-state index contributed by atoms with van der Waals surface area (Å²) in [7, 11) is 0. The van der Waals surface area contributed by atoms with Crippen molar-refractivity contribution < 1.29 is 9.59 Å². The van der Waals surface area contributed by atoms with E-state index in [1.165, 1.54) is 6.21 Å². The molecule has 3 amide bonds. The van der Waals surface area contributed by atoms with Crippen molar-refractivity contribution in [3.8, 4) is 0 Å². The molecule has 1 aliphatic heterocycles. The van der Waals surface area contributed by atoms with E-state index in [-0.39, 0.29) is 5.91 Å². The minimum atomic E-state index is -0.523. The Morgan fingerprint density at radius 2 is 1.88 bits per heavy atom. The first-order valence-electron chi connectivity index (χ1n) is 4.83. The quantitative estimate of drug-likeness (QED) is 0.794. The SMILES string of the molecule is O=C1CCC=NC(=O)N1c1ccc(Br)cc1. The minimum absolute atomic E-state index is 0.218. The van der Waals surface area contributed by atoms with Crippen molar-refractivity contribution >= 4 is 39.8 Å². The fourth-order valence-electron chi connectivity index (χ4n) is 1.45. The summed E-state index contributed by atoms with van der Waals surface area (Å²) in [6.07, 6.45) is 2.31. The van der Waals surface area contributed by atoms with Gasteiger partial charge in [-0.15, -0.1) is 0 Å². The summed E-state index contributed by atoms with van der Waals surface area (Å²) >= 11 is 3.30. The van der Waals surface area contributed by atoms with Crippen LogP contribution in [0.5, 0.6) is 0 Å². The molecule has 4 nitrogen and oxygen atoms in total. The highest BCUT2D eigenvalue weighted by atomic mass is 79.9. The molecule has 1 aromatic carbocycles. The number of amides is 3. The van der Waals surface area contributed by atoms with Gasteiger partial charge in [-0.3, -0.25) is 4.79 Å². The number of aliphatic imine (C=N–C) groups is 1. The maximum atomic E-state index is 11.7. The van der Waals surface area contributed by atoms with E-state index < -0.39 is 6.03 Å². The predicted octanol–water partition coefficient (Wildman–Crippen LogP) is 2.77. The van der Waals surface area contributed by atoms with Gasteiger partial charge in [0.25, 0.3) is 0 Å². The number of carbonyl (C=O) groups excluding carboxylic acids is 2. The van der Waals surface area contributed by atoms with Gasteiger partial charge in [-0.25, -0.2) is 14.7 Å². The molecular weight excluding hydrogens is 272 g/mol. The van der Waals surface area contributed by atoms with Crippen LogP contribution in [-0.4, -0.2) is 18.2 Å². The second-order valence-electron chi connectivity index (χ2n) is 3.34. The molecule has 0 atom stereocenters. The predicted molar refractivity (Wildman–Crippen MR) is 64.8 cm³/mol. The van der Waals surface area contributed by atoms with Crippen LogP contribution in [0, 0.1) is 0 Å². The Morgan fingerprint density at radius 3 is 2.56 bits per heavy atom. The topological polar surface area (TPSA) is 49.7 Å².